The molecule has 104 valence electrons. The van der Waals surface area contributed by atoms with Crippen molar-refractivity contribution in [2.24, 2.45) is 0 Å². The molecule has 2 heterocycles. The molecule has 0 aliphatic heterocycles. The predicted octanol–water partition coefficient (Wildman–Crippen LogP) is 5.32. The standard InChI is InChI=1S/C13H16Br2N2S2/c1-3-4-16-11(5-9-7-18-8(2)17-9)12-6-10(14)13(15)19-12/h6-7,11,16H,3-5H2,1-2H3. The fourth-order valence-electron chi connectivity index (χ4n) is 1.84. The van der Waals surface area contributed by atoms with Crippen molar-refractivity contribution in [3.8, 4) is 0 Å². The van der Waals surface area contributed by atoms with Crippen LogP contribution in [-0.4, -0.2) is 11.5 Å². The van der Waals surface area contributed by atoms with E-state index in [0.717, 1.165) is 32.7 Å². The highest BCUT2D eigenvalue weighted by Gasteiger charge is 2.17. The minimum atomic E-state index is 0.342. The van der Waals surface area contributed by atoms with Gasteiger partial charge in [-0.1, -0.05) is 6.92 Å². The molecule has 0 aromatic carbocycles. The van der Waals surface area contributed by atoms with Crippen LogP contribution in [0, 0.1) is 6.92 Å². The molecule has 0 saturated heterocycles. The molecule has 2 aromatic heterocycles. The van der Waals surface area contributed by atoms with Crippen molar-refractivity contribution in [3.63, 3.8) is 0 Å². The fourth-order valence-corrected chi connectivity index (χ4v) is 4.63. The number of aromatic nitrogens is 1. The summed E-state index contributed by atoms with van der Waals surface area (Å²) in [7, 11) is 0. The topological polar surface area (TPSA) is 24.9 Å². The van der Waals surface area contributed by atoms with Gasteiger partial charge in [-0.05, 0) is 57.8 Å². The van der Waals surface area contributed by atoms with E-state index in [1.165, 1.54) is 10.6 Å². The van der Waals surface area contributed by atoms with Gasteiger partial charge in [-0.15, -0.1) is 22.7 Å². The number of aryl methyl sites for hydroxylation is 1. The summed E-state index contributed by atoms with van der Waals surface area (Å²) < 4.78 is 2.28. The predicted molar refractivity (Wildman–Crippen MR) is 91.3 cm³/mol. The van der Waals surface area contributed by atoms with Gasteiger partial charge in [0.2, 0.25) is 0 Å². The first-order valence-corrected chi connectivity index (χ1v) is 9.47. The third-order valence-corrected chi connectivity index (χ3v) is 6.92. The summed E-state index contributed by atoms with van der Waals surface area (Å²) in [4.78, 5) is 5.92. The first kappa shape index (κ1) is 15.6. The molecule has 0 saturated carbocycles. The number of hydrogen-bond donors (Lipinski definition) is 1. The van der Waals surface area contributed by atoms with Crippen LogP contribution in [0.4, 0.5) is 0 Å². The largest absolute Gasteiger partial charge is 0.309 e. The molecule has 1 atom stereocenters. The number of hydrogen-bond acceptors (Lipinski definition) is 4. The molecule has 2 nitrogen and oxygen atoms in total. The van der Waals surface area contributed by atoms with E-state index in [4.69, 9.17) is 0 Å². The Morgan fingerprint density at radius 1 is 1.42 bits per heavy atom. The lowest BCUT2D eigenvalue weighted by atomic mass is 10.1. The quantitative estimate of drug-likeness (QED) is 0.679. The molecule has 0 aliphatic rings. The smallest absolute Gasteiger partial charge is 0.0897 e. The van der Waals surface area contributed by atoms with Crippen molar-refractivity contribution in [1.29, 1.82) is 0 Å². The van der Waals surface area contributed by atoms with Crippen molar-refractivity contribution in [1.82, 2.24) is 10.3 Å². The van der Waals surface area contributed by atoms with Gasteiger partial charge in [-0.3, -0.25) is 0 Å². The van der Waals surface area contributed by atoms with E-state index < -0.39 is 0 Å². The van der Waals surface area contributed by atoms with Crippen LogP contribution in [0.15, 0.2) is 19.7 Å². The van der Waals surface area contributed by atoms with Gasteiger partial charge >= 0.3 is 0 Å². The Labute approximate surface area is 138 Å². The first-order valence-electron chi connectivity index (χ1n) is 6.19. The lowest BCUT2D eigenvalue weighted by Crippen LogP contribution is -2.23. The number of halogens is 2. The van der Waals surface area contributed by atoms with Gasteiger partial charge in [0, 0.05) is 27.2 Å². The molecule has 0 aliphatic carbocycles. The van der Waals surface area contributed by atoms with E-state index in [9.17, 15) is 0 Å². The monoisotopic (exact) mass is 422 g/mol. The second-order valence-corrected chi connectivity index (χ2v) is 8.66. The Kier molecular flexibility index (Phi) is 6.02. The zero-order valence-corrected chi connectivity index (χ0v) is 15.7. The molecule has 0 spiro atoms. The summed E-state index contributed by atoms with van der Waals surface area (Å²) >= 11 is 10.6. The van der Waals surface area contributed by atoms with Crippen LogP contribution in [0.2, 0.25) is 0 Å². The highest BCUT2D eigenvalue weighted by Crippen LogP contribution is 2.36. The SMILES string of the molecule is CCCNC(Cc1csc(C)n1)c1cc(Br)c(Br)s1. The summed E-state index contributed by atoms with van der Waals surface area (Å²) in [6.45, 7) is 5.28. The van der Waals surface area contributed by atoms with E-state index in [-0.39, 0.29) is 0 Å². The molecule has 1 unspecified atom stereocenters. The number of nitrogens with one attached hydrogen (secondary N) is 1. The molecular formula is C13H16Br2N2S2. The van der Waals surface area contributed by atoms with Crippen LogP contribution < -0.4 is 5.32 Å². The highest BCUT2D eigenvalue weighted by atomic mass is 79.9. The van der Waals surface area contributed by atoms with Gasteiger partial charge in [-0.2, -0.15) is 0 Å². The van der Waals surface area contributed by atoms with Gasteiger partial charge in [0.05, 0.1) is 14.5 Å². The zero-order valence-electron chi connectivity index (χ0n) is 10.9. The maximum Gasteiger partial charge on any atom is 0.0897 e. The number of rotatable bonds is 6. The molecule has 6 heteroatoms. The molecule has 0 radical (unpaired) electrons. The van der Waals surface area contributed by atoms with E-state index in [1.807, 2.05) is 0 Å². The summed E-state index contributed by atoms with van der Waals surface area (Å²) in [5.74, 6) is 0. The second kappa shape index (κ2) is 7.31. The third-order valence-electron chi connectivity index (χ3n) is 2.73. The molecule has 0 bridgehead atoms. The van der Waals surface area contributed by atoms with Crippen LogP contribution in [0.3, 0.4) is 0 Å². The Balaban J connectivity index is 2.15. The average Bonchev–Trinajstić information content (AvgIpc) is 2.92. The van der Waals surface area contributed by atoms with Crippen molar-refractivity contribution in [2.75, 3.05) is 6.54 Å². The maximum absolute atomic E-state index is 4.57. The fraction of sp³-hybridized carbons (Fsp3) is 0.462. The van der Waals surface area contributed by atoms with Gasteiger partial charge in [0.1, 0.15) is 0 Å². The number of thiazole rings is 1. The molecule has 0 amide bonds. The lowest BCUT2D eigenvalue weighted by Gasteiger charge is -2.15. The highest BCUT2D eigenvalue weighted by molar-refractivity contribution is 9.13. The van der Waals surface area contributed by atoms with Crippen LogP contribution in [-0.2, 0) is 6.42 Å². The Bertz CT molecular complexity index is 517. The van der Waals surface area contributed by atoms with Crippen LogP contribution in [0.1, 0.15) is 35.0 Å². The lowest BCUT2D eigenvalue weighted by molar-refractivity contribution is 0.532. The number of thiophene rings is 1. The van der Waals surface area contributed by atoms with E-state index in [0.29, 0.717) is 6.04 Å². The Hall–Kier alpha value is 0.250. The maximum atomic E-state index is 4.57. The molecule has 1 N–H and O–H groups in total. The van der Waals surface area contributed by atoms with Gasteiger partial charge in [0.15, 0.2) is 0 Å². The van der Waals surface area contributed by atoms with Crippen LogP contribution in [0.25, 0.3) is 0 Å². The molecule has 19 heavy (non-hydrogen) atoms. The molecule has 2 aromatic rings. The average molecular weight is 424 g/mol. The molecular weight excluding hydrogens is 408 g/mol. The van der Waals surface area contributed by atoms with Gasteiger partial charge in [0.25, 0.3) is 0 Å². The molecule has 2 rings (SSSR count). The first-order chi connectivity index (χ1) is 9.10. The zero-order chi connectivity index (χ0) is 13.8. The number of nitrogens with zero attached hydrogens (tertiary/aromatic N) is 1. The van der Waals surface area contributed by atoms with Crippen molar-refractivity contribution in [3.05, 3.63) is 35.3 Å². The van der Waals surface area contributed by atoms with Gasteiger partial charge < -0.3 is 5.32 Å². The van der Waals surface area contributed by atoms with E-state index in [2.05, 4.69) is 67.5 Å². The van der Waals surface area contributed by atoms with E-state index >= 15 is 0 Å². The van der Waals surface area contributed by atoms with Gasteiger partial charge in [-0.25, -0.2) is 4.98 Å². The Morgan fingerprint density at radius 3 is 2.74 bits per heavy atom. The Morgan fingerprint density at radius 2 is 2.21 bits per heavy atom. The molecule has 0 fully saturated rings. The third kappa shape index (κ3) is 4.36. The van der Waals surface area contributed by atoms with Crippen LogP contribution >= 0.6 is 54.5 Å². The van der Waals surface area contributed by atoms with Crippen molar-refractivity contribution >= 4 is 54.5 Å². The summed E-state index contributed by atoms with van der Waals surface area (Å²) in [6.07, 6.45) is 2.09. The normalized spacial score (nSPS) is 12.8. The minimum absolute atomic E-state index is 0.342. The summed E-state index contributed by atoms with van der Waals surface area (Å²) in [6, 6.07) is 2.54. The minimum Gasteiger partial charge on any atom is -0.309 e. The van der Waals surface area contributed by atoms with E-state index in [1.54, 1.807) is 22.7 Å². The second-order valence-electron chi connectivity index (χ2n) is 4.34. The summed E-state index contributed by atoms with van der Waals surface area (Å²) in [5, 5.41) is 6.91. The van der Waals surface area contributed by atoms with Crippen LogP contribution in [0.5, 0.6) is 0 Å². The van der Waals surface area contributed by atoms with Crippen molar-refractivity contribution < 1.29 is 0 Å². The summed E-state index contributed by atoms with van der Waals surface area (Å²) in [5.41, 5.74) is 1.18. The van der Waals surface area contributed by atoms with Crippen molar-refractivity contribution in [2.45, 2.75) is 32.7 Å².